The summed E-state index contributed by atoms with van der Waals surface area (Å²) in [5.41, 5.74) is 16.1. The van der Waals surface area contributed by atoms with Gasteiger partial charge >= 0.3 is 0 Å². The molecular formula is C76H120Br2N4S2. The fraction of sp³-hybridized carbons (Fsp3) is 0.763. The van der Waals surface area contributed by atoms with E-state index in [1.807, 2.05) is 0 Å². The summed E-state index contributed by atoms with van der Waals surface area (Å²) in [6, 6.07) is 10.7. The number of unbranched alkanes of at least 4 members (excludes halogenated alkanes) is 44. The number of hydrogen-bond donors (Lipinski definition) is 0. The summed E-state index contributed by atoms with van der Waals surface area (Å²) >= 11 is 11.1. The van der Waals surface area contributed by atoms with Gasteiger partial charge in [0.1, 0.15) is 22.1 Å². The first kappa shape index (κ1) is 69.7. The van der Waals surface area contributed by atoms with Crippen molar-refractivity contribution in [1.82, 2.24) is 17.5 Å². The molecule has 0 atom stereocenters. The van der Waals surface area contributed by atoms with E-state index in [0.717, 1.165) is 31.0 Å². The molecule has 8 heteroatoms. The van der Waals surface area contributed by atoms with Crippen LogP contribution in [-0.4, -0.2) is 17.5 Å². The number of benzene rings is 3. The SMILES string of the molecule is CCCCCCCCCCCCCCC1(CCCCCCCCCCCCCC)c2cc3c(cc2-c2c1cc(Br)c1nsnc21)C(CCCCCCCCCCCCCC)(CCCCCCCCCCCCCC)c1cc(Br)c2nsnc2c1-3. The molecule has 3 aromatic carbocycles. The zero-order valence-corrected chi connectivity index (χ0v) is 59.2. The van der Waals surface area contributed by atoms with Gasteiger partial charge in [-0.25, -0.2) is 0 Å². The molecule has 470 valence electrons. The van der Waals surface area contributed by atoms with Gasteiger partial charge in [-0.15, -0.1) is 0 Å². The molecule has 84 heavy (non-hydrogen) atoms. The third kappa shape index (κ3) is 20.1. The Morgan fingerprint density at radius 3 is 0.690 bits per heavy atom. The number of nitrogens with zero attached hydrogens (tertiary/aromatic N) is 4. The van der Waals surface area contributed by atoms with Gasteiger partial charge in [0.2, 0.25) is 0 Å². The fourth-order valence-electron chi connectivity index (χ4n) is 15.6. The number of fused-ring (bicyclic) bond motifs is 10. The van der Waals surface area contributed by atoms with Crippen LogP contribution in [0.4, 0.5) is 0 Å². The van der Waals surface area contributed by atoms with Crippen LogP contribution in [0, 0.1) is 0 Å². The molecule has 0 spiro atoms. The second-order valence-corrected chi connectivity index (χ2v) is 29.9. The molecule has 2 aliphatic carbocycles. The van der Waals surface area contributed by atoms with E-state index in [1.54, 1.807) is 11.1 Å². The number of aromatic nitrogens is 4. The summed E-state index contributed by atoms with van der Waals surface area (Å²) in [5.74, 6) is 0. The van der Waals surface area contributed by atoms with Gasteiger partial charge in [0.15, 0.2) is 0 Å². The van der Waals surface area contributed by atoms with Gasteiger partial charge in [0.05, 0.1) is 23.5 Å². The average molecular weight is 1310 g/mol. The van der Waals surface area contributed by atoms with Crippen LogP contribution in [0.2, 0.25) is 0 Å². The monoisotopic (exact) mass is 1310 g/mol. The first-order valence-corrected chi connectivity index (χ1v) is 39.6. The molecule has 0 bridgehead atoms. The maximum atomic E-state index is 5.27. The van der Waals surface area contributed by atoms with E-state index in [1.165, 1.54) is 391 Å². The van der Waals surface area contributed by atoms with Gasteiger partial charge < -0.3 is 0 Å². The van der Waals surface area contributed by atoms with Gasteiger partial charge in [-0.3, -0.25) is 0 Å². The summed E-state index contributed by atoms with van der Waals surface area (Å²) in [7, 11) is 0. The van der Waals surface area contributed by atoms with E-state index in [9.17, 15) is 0 Å². The lowest BCUT2D eigenvalue weighted by Crippen LogP contribution is -2.27. The quantitative estimate of drug-likeness (QED) is 0.0364. The molecule has 2 heterocycles. The third-order valence-corrected chi connectivity index (χ3v) is 22.8. The van der Waals surface area contributed by atoms with Crippen molar-refractivity contribution in [1.29, 1.82) is 0 Å². The zero-order valence-electron chi connectivity index (χ0n) is 54.4. The van der Waals surface area contributed by atoms with E-state index in [-0.39, 0.29) is 10.8 Å². The Balaban J connectivity index is 1.19. The number of hydrogen-bond acceptors (Lipinski definition) is 6. The van der Waals surface area contributed by atoms with Gasteiger partial charge in [0.25, 0.3) is 0 Å². The molecule has 2 aliphatic rings. The molecule has 0 aliphatic heterocycles. The summed E-state index contributed by atoms with van der Waals surface area (Å²) in [6.45, 7) is 9.31. The molecule has 4 nitrogen and oxygen atoms in total. The molecule has 0 amide bonds. The van der Waals surface area contributed by atoms with E-state index in [4.69, 9.17) is 17.5 Å². The number of halogens is 2. The van der Waals surface area contributed by atoms with Gasteiger partial charge in [0, 0.05) is 30.9 Å². The van der Waals surface area contributed by atoms with Crippen molar-refractivity contribution in [3.63, 3.8) is 0 Å². The molecule has 7 rings (SSSR count). The number of rotatable bonds is 52. The third-order valence-electron chi connectivity index (χ3n) is 20.6. The highest BCUT2D eigenvalue weighted by Gasteiger charge is 2.49. The minimum Gasteiger partial charge on any atom is -0.172 e. The highest BCUT2D eigenvalue weighted by atomic mass is 79.9. The predicted molar refractivity (Wildman–Crippen MR) is 379 cm³/mol. The van der Waals surface area contributed by atoms with E-state index in [0.29, 0.717) is 0 Å². The second kappa shape index (κ2) is 40.1. The van der Waals surface area contributed by atoms with Crippen molar-refractivity contribution in [2.75, 3.05) is 0 Å². The molecule has 0 N–H and O–H groups in total. The van der Waals surface area contributed by atoms with Crippen molar-refractivity contribution in [2.45, 2.75) is 372 Å². The maximum absolute atomic E-state index is 5.27. The first-order valence-electron chi connectivity index (χ1n) is 36.6. The lowest BCUT2D eigenvalue weighted by Gasteiger charge is -2.35. The van der Waals surface area contributed by atoms with Crippen LogP contribution in [0.3, 0.4) is 0 Å². The lowest BCUT2D eigenvalue weighted by atomic mass is 9.68. The molecule has 5 aromatic rings. The Morgan fingerprint density at radius 2 is 0.464 bits per heavy atom. The van der Waals surface area contributed by atoms with Crippen molar-refractivity contribution < 1.29 is 0 Å². The summed E-state index contributed by atoms with van der Waals surface area (Å²) in [4.78, 5) is 0. The molecule has 0 saturated carbocycles. The average Bonchev–Trinajstić information content (AvgIpc) is 1.54. The highest BCUT2D eigenvalue weighted by molar-refractivity contribution is 9.11. The van der Waals surface area contributed by atoms with Gasteiger partial charge in [-0.05, 0) is 115 Å². The summed E-state index contributed by atoms with van der Waals surface area (Å²) in [6.07, 6.45) is 71.0. The van der Waals surface area contributed by atoms with Crippen molar-refractivity contribution in [3.8, 4) is 22.3 Å². The smallest absolute Gasteiger partial charge is 0.119 e. The molecule has 0 radical (unpaired) electrons. The van der Waals surface area contributed by atoms with Crippen LogP contribution in [0.15, 0.2) is 33.2 Å². The molecule has 0 fully saturated rings. The van der Waals surface area contributed by atoms with Crippen molar-refractivity contribution >= 4 is 77.4 Å². The van der Waals surface area contributed by atoms with E-state index >= 15 is 0 Å². The Bertz CT molecular complexity index is 2350. The van der Waals surface area contributed by atoms with Crippen LogP contribution < -0.4 is 0 Å². The van der Waals surface area contributed by atoms with E-state index in [2.05, 4.69) is 83.8 Å². The minimum atomic E-state index is -0.0811. The van der Waals surface area contributed by atoms with Gasteiger partial charge in [-0.1, -0.05) is 336 Å². The van der Waals surface area contributed by atoms with Crippen LogP contribution in [0.1, 0.15) is 384 Å². The Kier molecular flexibility index (Phi) is 33.3. The zero-order chi connectivity index (χ0) is 58.9. The van der Waals surface area contributed by atoms with Crippen LogP contribution in [0.25, 0.3) is 44.3 Å². The normalized spacial score (nSPS) is 13.9. The largest absolute Gasteiger partial charge is 0.172 e. The molecule has 0 unspecified atom stereocenters. The minimum absolute atomic E-state index is 0.0811. The fourth-order valence-corrected chi connectivity index (χ4v) is 18.0. The highest BCUT2D eigenvalue weighted by Crippen LogP contribution is 2.63. The Morgan fingerprint density at radius 1 is 0.262 bits per heavy atom. The summed E-state index contributed by atoms with van der Waals surface area (Å²) < 4.78 is 22.8. The predicted octanol–water partition coefficient (Wildman–Crippen LogP) is 28.1. The van der Waals surface area contributed by atoms with Crippen LogP contribution >= 0.6 is 55.3 Å². The van der Waals surface area contributed by atoms with Crippen molar-refractivity contribution in [3.05, 3.63) is 55.5 Å². The van der Waals surface area contributed by atoms with Crippen LogP contribution in [0.5, 0.6) is 0 Å². The standard InChI is InChI=1S/C76H120Br2N4S2/c1-5-9-13-17-21-25-29-33-37-41-45-49-53-75(54-50-46-42-38-34-30-26-22-18-14-10-6-2)63-57-62-64(58-61(63)69-65(75)59-67(77)71-73(69)81-83-79-71)76(66-60-68(78)72-74(70(62)66)82-84-80-72,55-51-47-43-39-35-31-27-23-19-15-11-7-3)56-52-48-44-40-36-32-28-24-20-16-12-8-4/h57-60H,5-56H2,1-4H3. The Labute approximate surface area is 541 Å². The molecule has 0 saturated heterocycles. The van der Waals surface area contributed by atoms with Gasteiger partial charge in [-0.2, -0.15) is 17.5 Å². The summed E-state index contributed by atoms with van der Waals surface area (Å²) in [5, 5.41) is 0. The first-order chi connectivity index (χ1) is 41.5. The van der Waals surface area contributed by atoms with Crippen LogP contribution in [-0.2, 0) is 10.8 Å². The second-order valence-electron chi connectivity index (χ2n) is 27.1. The lowest BCUT2D eigenvalue weighted by molar-refractivity contribution is 0.393. The topological polar surface area (TPSA) is 51.6 Å². The maximum Gasteiger partial charge on any atom is 0.119 e. The molecular weight excluding hydrogens is 1190 g/mol. The van der Waals surface area contributed by atoms with Crippen molar-refractivity contribution in [2.24, 2.45) is 0 Å². The molecule has 2 aromatic heterocycles. The Hall–Kier alpha value is -1.74. The van der Waals surface area contributed by atoms with E-state index < -0.39 is 0 Å².